The molecule has 0 amide bonds. The summed E-state index contributed by atoms with van der Waals surface area (Å²) in [5, 5.41) is 0. The summed E-state index contributed by atoms with van der Waals surface area (Å²) >= 11 is 0. The highest BCUT2D eigenvalue weighted by atomic mass is 14.6. The lowest BCUT2D eigenvalue weighted by Crippen LogP contribution is -2.43. The van der Waals surface area contributed by atoms with E-state index in [1.54, 1.807) is 11.1 Å². The van der Waals surface area contributed by atoms with Crippen LogP contribution in [0.25, 0.3) is 0 Å². The van der Waals surface area contributed by atoms with Crippen LogP contribution in [0.2, 0.25) is 0 Å². The molecule has 5 atom stereocenters. The standard InChI is InChI=1S/C20H26/c1-3-14-13-15-7-4-5-8-16(15)17-10-12-20(2)11-6-9-18(20)19(14)17/h3-5,7-8,14,17-19H,1,6,9-13H2,2H3/t14-,17-,18+,19-,20+/m1/s1. The molecule has 3 aliphatic carbocycles. The third kappa shape index (κ3) is 1.66. The lowest BCUT2D eigenvalue weighted by atomic mass is 9.53. The van der Waals surface area contributed by atoms with Crippen LogP contribution >= 0.6 is 0 Å². The van der Waals surface area contributed by atoms with Gasteiger partial charge in [0.05, 0.1) is 0 Å². The monoisotopic (exact) mass is 266 g/mol. The highest BCUT2D eigenvalue weighted by Crippen LogP contribution is 2.62. The van der Waals surface area contributed by atoms with Gasteiger partial charge in [-0.15, -0.1) is 6.58 Å². The maximum atomic E-state index is 4.19. The summed E-state index contributed by atoms with van der Waals surface area (Å²) in [6.45, 7) is 6.76. The van der Waals surface area contributed by atoms with E-state index < -0.39 is 0 Å². The van der Waals surface area contributed by atoms with E-state index in [2.05, 4.69) is 43.8 Å². The number of allylic oxidation sites excluding steroid dienone is 1. The Morgan fingerprint density at radius 2 is 2.05 bits per heavy atom. The number of fused-ring (bicyclic) bond motifs is 5. The van der Waals surface area contributed by atoms with Crippen molar-refractivity contribution in [2.75, 3.05) is 0 Å². The van der Waals surface area contributed by atoms with Crippen molar-refractivity contribution >= 4 is 0 Å². The second-order valence-corrected chi connectivity index (χ2v) is 7.68. The fraction of sp³-hybridized carbons (Fsp3) is 0.600. The topological polar surface area (TPSA) is 0 Å². The number of hydrogen-bond donors (Lipinski definition) is 0. The number of benzene rings is 1. The normalized spacial score (nSPS) is 42.5. The molecule has 1 aromatic rings. The van der Waals surface area contributed by atoms with Crippen molar-refractivity contribution in [1.82, 2.24) is 0 Å². The zero-order valence-electron chi connectivity index (χ0n) is 12.6. The summed E-state index contributed by atoms with van der Waals surface area (Å²) in [5.74, 6) is 3.32. The molecule has 0 heterocycles. The van der Waals surface area contributed by atoms with Crippen LogP contribution in [0.15, 0.2) is 36.9 Å². The third-order valence-electron chi connectivity index (χ3n) is 6.82. The molecule has 0 nitrogen and oxygen atoms in total. The summed E-state index contributed by atoms with van der Waals surface area (Å²) < 4.78 is 0. The molecule has 20 heavy (non-hydrogen) atoms. The molecule has 0 bridgehead atoms. The lowest BCUT2D eigenvalue weighted by molar-refractivity contribution is 0.0393. The van der Waals surface area contributed by atoms with Crippen molar-refractivity contribution in [3.63, 3.8) is 0 Å². The van der Waals surface area contributed by atoms with Crippen LogP contribution in [-0.2, 0) is 6.42 Å². The molecule has 0 spiro atoms. The Balaban J connectivity index is 1.79. The van der Waals surface area contributed by atoms with Crippen LogP contribution in [0.4, 0.5) is 0 Å². The molecule has 0 radical (unpaired) electrons. The van der Waals surface area contributed by atoms with Gasteiger partial charge in [0.1, 0.15) is 0 Å². The van der Waals surface area contributed by atoms with Gasteiger partial charge in [-0.05, 0) is 72.3 Å². The minimum absolute atomic E-state index is 0.634. The highest BCUT2D eigenvalue weighted by Gasteiger charge is 2.52. The molecule has 2 fully saturated rings. The van der Waals surface area contributed by atoms with Gasteiger partial charge in [-0.2, -0.15) is 0 Å². The Labute approximate surface area is 123 Å². The van der Waals surface area contributed by atoms with Crippen LogP contribution in [0.1, 0.15) is 56.1 Å². The lowest BCUT2D eigenvalue weighted by Gasteiger charge is -2.52. The third-order valence-corrected chi connectivity index (χ3v) is 6.82. The van der Waals surface area contributed by atoms with E-state index in [0.29, 0.717) is 11.3 Å². The Morgan fingerprint density at radius 3 is 2.90 bits per heavy atom. The molecule has 0 heteroatoms. The Kier molecular flexibility index (Phi) is 2.84. The van der Waals surface area contributed by atoms with Gasteiger partial charge in [-0.1, -0.05) is 43.7 Å². The van der Waals surface area contributed by atoms with Gasteiger partial charge in [0, 0.05) is 0 Å². The summed E-state index contributed by atoms with van der Waals surface area (Å²) in [6, 6.07) is 9.21. The summed E-state index contributed by atoms with van der Waals surface area (Å²) in [4.78, 5) is 0. The predicted octanol–water partition coefficient (Wildman–Crippen LogP) is 5.34. The predicted molar refractivity (Wildman–Crippen MR) is 84.7 cm³/mol. The van der Waals surface area contributed by atoms with E-state index in [4.69, 9.17) is 0 Å². The summed E-state index contributed by atoms with van der Waals surface area (Å²) in [6.07, 6.45) is 10.7. The van der Waals surface area contributed by atoms with Crippen LogP contribution in [0, 0.1) is 23.2 Å². The van der Waals surface area contributed by atoms with Gasteiger partial charge >= 0.3 is 0 Å². The summed E-state index contributed by atoms with van der Waals surface area (Å²) in [5.41, 5.74) is 3.90. The molecule has 0 N–H and O–H groups in total. The van der Waals surface area contributed by atoms with Gasteiger partial charge < -0.3 is 0 Å². The van der Waals surface area contributed by atoms with E-state index in [9.17, 15) is 0 Å². The largest absolute Gasteiger partial charge is 0.103 e. The van der Waals surface area contributed by atoms with E-state index in [0.717, 1.165) is 17.8 Å². The van der Waals surface area contributed by atoms with Crippen molar-refractivity contribution in [1.29, 1.82) is 0 Å². The first-order chi connectivity index (χ1) is 9.73. The van der Waals surface area contributed by atoms with E-state index in [1.165, 1.54) is 38.5 Å². The number of hydrogen-bond acceptors (Lipinski definition) is 0. The second-order valence-electron chi connectivity index (χ2n) is 7.68. The van der Waals surface area contributed by atoms with E-state index >= 15 is 0 Å². The average Bonchev–Trinajstić information content (AvgIpc) is 2.87. The highest BCUT2D eigenvalue weighted by molar-refractivity contribution is 5.36. The van der Waals surface area contributed by atoms with E-state index in [-0.39, 0.29) is 0 Å². The maximum Gasteiger partial charge on any atom is -0.0122 e. The molecular weight excluding hydrogens is 240 g/mol. The number of rotatable bonds is 1. The SMILES string of the molecule is C=C[C@@H]1Cc2ccccc2[C@H]2CC[C@]3(C)CCC[C@H]3[C@H]12. The fourth-order valence-electron chi connectivity index (χ4n) is 5.86. The second kappa shape index (κ2) is 4.48. The Hall–Kier alpha value is -1.04. The van der Waals surface area contributed by atoms with Crippen molar-refractivity contribution < 1.29 is 0 Å². The minimum Gasteiger partial charge on any atom is -0.103 e. The molecule has 0 aliphatic heterocycles. The van der Waals surface area contributed by atoms with E-state index in [1.807, 2.05) is 0 Å². The zero-order valence-corrected chi connectivity index (χ0v) is 12.6. The van der Waals surface area contributed by atoms with Gasteiger partial charge in [0.2, 0.25) is 0 Å². The first kappa shape index (κ1) is 12.7. The summed E-state index contributed by atoms with van der Waals surface area (Å²) in [7, 11) is 0. The van der Waals surface area contributed by atoms with Crippen molar-refractivity contribution in [2.24, 2.45) is 23.2 Å². The van der Waals surface area contributed by atoms with Crippen LogP contribution in [0.3, 0.4) is 0 Å². The first-order valence-electron chi connectivity index (χ1n) is 8.43. The molecule has 0 unspecified atom stereocenters. The quantitative estimate of drug-likeness (QED) is 0.601. The molecule has 4 rings (SSSR count). The van der Waals surface area contributed by atoms with Crippen LogP contribution in [-0.4, -0.2) is 0 Å². The molecule has 0 aromatic heterocycles. The molecule has 1 aromatic carbocycles. The minimum atomic E-state index is 0.634. The molecule has 0 saturated heterocycles. The van der Waals surface area contributed by atoms with Crippen molar-refractivity contribution in [2.45, 2.75) is 51.4 Å². The van der Waals surface area contributed by atoms with Gasteiger partial charge in [0.25, 0.3) is 0 Å². The van der Waals surface area contributed by atoms with Gasteiger partial charge in [-0.3, -0.25) is 0 Å². The molecule has 3 aliphatic rings. The Morgan fingerprint density at radius 1 is 1.20 bits per heavy atom. The van der Waals surface area contributed by atoms with Gasteiger partial charge in [-0.25, -0.2) is 0 Å². The van der Waals surface area contributed by atoms with Crippen molar-refractivity contribution in [3.8, 4) is 0 Å². The average molecular weight is 266 g/mol. The zero-order chi connectivity index (χ0) is 13.7. The van der Waals surface area contributed by atoms with Gasteiger partial charge in [0.15, 0.2) is 0 Å². The molecule has 106 valence electrons. The van der Waals surface area contributed by atoms with Crippen molar-refractivity contribution in [3.05, 3.63) is 48.0 Å². The Bertz CT molecular complexity index is 529. The van der Waals surface area contributed by atoms with Crippen LogP contribution in [0.5, 0.6) is 0 Å². The molecular formula is C20H26. The smallest absolute Gasteiger partial charge is 0.0122 e. The molecule has 2 saturated carbocycles. The maximum absolute atomic E-state index is 4.19. The van der Waals surface area contributed by atoms with Crippen LogP contribution < -0.4 is 0 Å². The fourth-order valence-corrected chi connectivity index (χ4v) is 5.86. The first-order valence-corrected chi connectivity index (χ1v) is 8.43.